The molecule has 12 heteroatoms. The number of amides is 2. The van der Waals surface area contributed by atoms with E-state index in [9.17, 15) is 24.6 Å². The van der Waals surface area contributed by atoms with E-state index in [0.717, 1.165) is 94.2 Å². The molecule has 10 nitrogen and oxygen atoms in total. The number of thiazole rings is 1. The van der Waals surface area contributed by atoms with Gasteiger partial charge < -0.3 is 29.8 Å². The van der Waals surface area contributed by atoms with Crippen LogP contribution in [0.25, 0.3) is 10.2 Å². The van der Waals surface area contributed by atoms with Gasteiger partial charge in [0.25, 0.3) is 5.91 Å². The van der Waals surface area contributed by atoms with Gasteiger partial charge in [-0.25, -0.2) is 9.78 Å². The lowest BCUT2D eigenvalue weighted by Crippen LogP contribution is -2.75. The van der Waals surface area contributed by atoms with Gasteiger partial charge in [-0.3, -0.25) is 9.59 Å². The molecule has 4 saturated heterocycles. The van der Waals surface area contributed by atoms with Crippen LogP contribution in [0.3, 0.4) is 0 Å². The minimum Gasteiger partial charge on any atom is -0.477 e. The molecule has 1 saturated carbocycles. The van der Waals surface area contributed by atoms with Gasteiger partial charge in [-0.1, -0.05) is 24.2 Å². The minimum atomic E-state index is -1.06. The number of rotatable bonds is 8. The lowest BCUT2D eigenvalue weighted by atomic mass is 9.72. The van der Waals surface area contributed by atoms with Crippen LogP contribution >= 0.6 is 23.1 Å². The van der Waals surface area contributed by atoms with Crippen LogP contribution in [-0.2, 0) is 20.9 Å². The molecule has 5 unspecified atom stereocenters. The second-order valence-corrected chi connectivity index (χ2v) is 15.3. The van der Waals surface area contributed by atoms with Crippen molar-refractivity contribution >= 4 is 51.1 Å². The van der Waals surface area contributed by atoms with Crippen molar-refractivity contribution in [1.82, 2.24) is 9.88 Å². The summed E-state index contributed by atoms with van der Waals surface area (Å²) in [5.41, 5.74) is 8.77. The van der Waals surface area contributed by atoms with E-state index in [1.165, 1.54) is 10.5 Å². The van der Waals surface area contributed by atoms with Crippen molar-refractivity contribution in [1.29, 1.82) is 0 Å². The van der Waals surface area contributed by atoms with Crippen LogP contribution in [-0.4, -0.2) is 110 Å². The number of carboxylic acid groups (broad SMARTS) is 1. The third kappa shape index (κ3) is 4.41. The van der Waals surface area contributed by atoms with Crippen molar-refractivity contribution in [2.24, 2.45) is 17.6 Å². The van der Waals surface area contributed by atoms with E-state index in [2.05, 4.69) is 18.2 Å². The highest BCUT2D eigenvalue weighted by Crippen LogP contribution is 2.55. The van der Waals surface area contributed by atoms with Gasteiger partial charge in [-0.2, -0.15) is 0 Å². The summed E-state index contributed by atoms with van der Waals surface area (Å²) in [6.07, 6.45) is 1.85. The number of thioether (sulfide) groups is 1. The number of aliphatic hydroxyl groups is 1. The highest BCUT2D eigenvalue weighted by Gasteiger charge is 2.62. The van der Waals surface area contributed by atoms with Crippen molar-refractivity contribution < 1.29 is 33.6 Å². The number of aromatic nitrogens is 1. The number of carboxylic acids is 1. The number of piperazine rings is 3. The van der Waals surface area contributed by atoms with E-state index in [1.54, 1.807) is 30.0 Å². The number of hydrogen-bond acceptors (Lipinski definition) is 7. The van der Waals surface area contributed by atoms with Crippen LogP contribution in [0.5, 0.6) is 0 Å². The molecular weight excluding hydrogens is 562 g/mol. The first-order valence-electron chi connectivity index (χ1n) is 14.6. The van der Waals surface area contributed by atoms with E-state index in [4.69, 9.17) is 10.7 Å². The maximum Gasteiger partial charge on any atom is 0.352 e. The van der Waals surface area contributed by atoms with Crippen molar-refractivity contribution in [3.8, 4) is 0 Å². The van der Waals surface area contributed by atoms with Gasteiger partial charge in [0.15, 0.2) is 10.9 Å². The first kappa shape index (κ1) is 27.3. The van der Waals surface area contributed by atoms with Crippen molar-refractivity contribution in [3.05, 3.63) is 35.0 Å². The Morgan fingerprint density at radius 2 is 1.88 bits per heavy atom. The molecule has 1 aliphatic carbocycles. The molecule has 0 spiro atoms. The minimum absolute atomic E-state index is 0.0195. The van der Waals surface area contributed by atoms with E-state index >= 15 is 0 Å². The summed E-state index contributed by atoms with van der Waals surface area (Å²) >= 11 is 3.27. The lowest BCUT2D eigenvalue weighted by molar-refractivity contribution is -1.08. The van der Waals surface area contributed by atoms with Crippen molar-refractivity contribution in [3.63, 3.8) is 0 Å². The number of hydrogen-bond donors (Lipinski definition) is 3. The number of quaternary nitrogens is 2. The van der Waals surface area contributed by atoms with Crippen molar-refractivity contribution in [2.45, 2.75) is 54.5 Å². The Morgan fingerprint density at radius 1 is 1.17 bits per heavy atom. The molecule has 0 radical (unpaired) electrons. The number of β-lactam (4-membered cyclic amide) rings is 1. The predicted octanol–water partition coefficient (Wildman–Crippen LogP) is 1.76. The summed E-state index contributed by atoms with van der Waals surface area (Å²) in [5, 5.41) is 20.3. The summed E-state index contributed by atoms with van der Waals surface area (Å²) < 4.78 is 3.93. The molecule has 5 atom stereocenters. The Bertz CT molecular complexity index is 1460. The predicted molar refractivity (Wildman–Crippen MR) is 155 cm³/mol. The van der Waals surface area contributed by atoms with Gasteiger partial charge in [0.05, 0.1) is 28.3 Å². The normalized spacial score (nSPS) is 34.9. The van der Waals surface area contributed by atoms with Gasteiger partial charge in [0.1, 0.15) is 51.5 Å². The molecule has 2 amide bonds. The molecule has 2 aromatic rings. The number of aliphatic hydroxyl groups excluding tert-OH is 1. The van der Waals surface area contributed by atoms with Crippen LogP contribution in [0.15, 0.2) is 33.8 Å². The topological polar surface area (TPSA) is 134 Å². The molecule has 5 fully saturated rings. The maximum atomic E-state index is 12.8. The summed E-state index contributed by atoms with van der Waals surface area (Å²) in [5.74, 6) is -2.08. The lowest BCUT2D eigenvalue weighted by Gasteiger charge is -2.55. The van der Waals surface area contributed by atoms with E-state index in [1.807, 2.05) is 0 Å². The zero-order valence-electron chi connectivity index (χ0n) is 23.2. The smallest absolute Gasteiger partial charge is 0.352 e. The second-order valence-electron chi connectivity index (χ2n) is 12.8. The molecule has 2 bridgehead atoms. The number of nitrogens with two attached hydrogens (primary N) is 1. The number of carbonyl (C=O) groups excluding carboxylic acids is 2. The number of primary amides is 1. The molecule has 4 N–H and O–H groups in total. The highest BCUT2D eigenvalue weighted by atomic mass is 32.2. The van der Waals surface area contributed by atoms with E-state index in [-0.39, 0.29) is 34.7 Å². The second kappa shape index (κ2) is 9.77. The summed E-state index contributed by atoms with van der Waals surface area (Å²) in [6.45, 7) is 9.22. The molecule has 218 valence electrons. The Kier molecular flexibility index (Phi) is 6.51. The fraction of sp³-hybridized carbons (Fsp3) is 0.586. The van der Waals surface area contributed by atoms with Gasteiger partial charge in [0.2, 0.25) is 5.91 Å². The quantitative estimate of drug-likeness (QED) is 0.311. The Labute approximate surface area is 247 Å². The van der Waals surface area contributed by atoms with Crippen LogP contribution in [0, 0.1) is 11.8 Å². The van der Waals surface area contributed by atoms with Gasteiger partial charge in [0, 0.05) is 16.7 Å². The number of benzene rings is 1. The van der Waals surface area contributed by atoms with Crippen LogP contribution in [0.1, 0.15) is 31.7 Å². The Morgan fingerprint density at radius 3 is 2.54 bits per heavy atom. The average molecular weight is 600 g/mol. The molecule has 8 rings (SSSR count). The maximum absolute atomic E-state index is 12.8. The third-order valence-electron chi connectivity index (χ3n) is 10.4. The zero-order chi connectivity index (χ0) is 28.7. The molecule has 41 heavy (non-hydrogen) atoms. The van der Waals surface area contributed by atoms with Crippen molar-refractivity contribution in [2.75, 3.05) is 45.8 Å². The van der Waals surface area contributed by atoms with Gasteiger partial charge in [-0.05, 0) is 37.5 Å². The first-order valence-corrected chi connectivity index (χ1v) is 16.3. The summed E-state index contributed by atoms with van der Waals surface area (Å²) in [7, 11) is 0. The number of fused-ring (bicyclic) bond motifs is 7. The Balaban J connectivity index is 1.10. The molecule has 1 aromatic heterocycles. The Hall–Kier alpha value is -2.51. The molecule has 1 aromatic carbocycles. The summed E-state index contributed by atoms with van der Waals surface area (Å²) in [6, 6.07) is 6.32. The van der Waals surface area contributed by atoms with Crippen LogP contribution < -0.4 is 5.73 Å². The van der Waals surface area contributed by atoms with Gasteiger partial charge in [-0.15, -0.1) is 11.3 Å². The number of carbonyl (C=O) groups is 3. The monoisotopic (exact) mass is 599 g/mol. The SMILES string of the molecule is CC(O)C1C(=O)N2C(C(=O)O)=C3C(Sc4nc5cc(C[N+]67CC[N+](CC(N)=O)(CC6)CC7)ccc5s4)CCCC3C12. The molecular formula is C29H37N5O5S2+2. The standard InChI is InChI=1S/C29H35N5O5S2/c1-16(35)23-25-18-3-2-4-21(24(18)26(28(38)39)32(25)27(23)37)41-29-31-19-13-17(5-6-20(19)40-29)14-33-7-10-34(11-8-33,12-9-33)15-22(30)36/h5-6,13,16,18,21,23,25,35H,2-4,7-12,14-15H2,1H3,(H-2,30,36,38,39)/p+2. The average Bonchev–Trinajstić information content (AvgIpc) is 3.45. The van der Waals surface area contributed by atoms with Crippen LogP contribution in [0.2, 0.25) is 0 Å². The fourth-order valence-corrected chi connectivity index (χ4v) is 10.9. The zero-order valence-corrected chi connectivity index (χ0v) is 24.8. The number of nitrogens with zero attached hydrogens (tertiary/aromatic N) is 4. The highest BCUT2D eigenvalue weighted by molar-refractivity contribution is 8.01. The first-order chi connectivity index (χ1) is 19.6. The largest absolute Gasteiger partial charge is 0.477 e. The van der Waals surface area contributed by atoms with E-state index in [0.29, 0.717) is 6.54 Å². The fourth-order valence-electron chi connectivity index (χ4n) is 8.32. The molecule has 6 aliphatic rings. The molecule has 5 aliphatic heterocycles. The van der Waals surface area contributed by atoms with Gasteiger partial charge >= 0.3 is 5.97 Å². The molecule has 6 heterocycles. The van der Waals surface area contributed by atoms with E-state index < -0.39 is 18.0 Å². The van der Waals surface area contributed by atoms with Crippen LogP contribution in [0.4, 0.5) is 0 Å². The third-order valence-corrected chi connectivity index (χ3v) is 12.8. The number of aliphatic carboxylic acids is 1. The summed E-state index contributed by atoms with van der Waals surface area (Å²) in [4.78, 5) is 43.2.